The number of ether oxygens (including phenoxy) is 1. The van der Waals surface area contributed by atoms with E-state index in [-0.39, 0.29) is 12.1 Å². The lowest BCUT2D eigenvalue weighted by Gasteiger charge is -2.53. The van der Waals surface area contributed by atoms with E-state index in [4.69, 9.17) is 14.6 Å². The molecule has 3 N–H and O–H groups in total. The van der Waals surface area contributed by atoms with Gasteiger partial charge in [0.15, 0.2) is 5.82 Å². The van der Waals surface area contributed by atoms with Gasteiger partial charge in [0, 0.05) is 18.6 Å². The molecule has 2 heterocycles. The first-order valence-electron chi connectivity index (χ1n) is 12.5. The third-order valence-corrected chi connectivity index (χ3v) is 7.71. The van der Waals surface area contributed by atoms with Gasteiger partial charge in [0.05, 0.1) is 17.2 Å². The maximum absolute atomic E-state index is 13.2. The van der Waals surface area contributed by atoms with Gasteiger partial charge in [-0.15, -0.1) is 5.10 Å². The number of benzene rings is 1. The predicted octanol–water partition coefficient (Wildman–Crippen LogP) is 3.39. The minimum Gasteiger partial charge on any atom is -0.475 e. The highest BCUT2D eigenvalue weighted by Gasteiger charge is 2.52. The van der Waals surface area contributed by atoms with E-state index >= 15 is 0 Å². The molecule has 3 aliphatic rings. The smallest absolute Gasteiger partial charge is 0.475 e. The summed E-state index contributed by atoms with van der Waals surface area (Å²) in [7, 11) is 0. The minimum atomic E-state index is -5.08. The number of aliphatic hydroxyl groups is 1. The summed E-state index contributed by atoms with van der Waals surface area (Å²) >= 11 is 0. The molecule has 5 rings (SSSR count). The topological polar surface area (TPSA) is 122 Å². The molecule has 1 aliphatic heterocycles. The number of nitrogens with zero attached hydrogens (tertiary/aromatic N) is 4. The quantitative estimate of drug-likeness (QED) is 0.471. The van der Waals surface area contributed by atoms with Crippen LogP contribution in [-0.2, 0) is 27.2 Å². The van der Waals surface area contributed by atoms with Crippen molar-refractivity contribution in [2.24, 2.45) is 5.92 Å². The van der Waals surface area contributed by atoms with Crippen molar-refractivity contribution in [3.05, 3.63) is 41.7 Å². The highest BCUT2D eigenvalue weighted by molar-refractivity contribution is 5.73. The molecule has 0 radical (unpaired) electrons. The molecule has 0 spiro atoms. The maximum atomic E-state index is 13.2. The van der Waals surface area contributed by atoms with Gasteiger partial charge in [-0.2, -0.15) is 13.2 Å². The van der Waals surface area contributed by atoms with E-state index < -0.39 is 36.3 Å². The predicted molar refractivity (Wildman–Crippen MR) is 122 cm³/mol. The molecular weight excluding hydrogens is 517 g/mol. The molecule has 1 aromatic heterocycles. The summed E-state index contributed by atoms with van der Waals surface area (Å²) < 4.78 is 65.2. The van der Waals surface area contributed by atoms with E-state index in [1.54, 1.807) is 0 Å². The van der Waals surface area contributed by atoms with Gasteiger partial charge in [-0.3, -0.25) is 0 Å². The van der Waals surface area contributed by atoms with Crippen molar-refractivity contribution in [1.29, 1.82) is 0 Å². The summed E-state index contributed by atoms with van der Waals surface area (Å²) in [5.41, 5.74) is -0.698. The van der Waals surface area contributed by atoms with Crippen LogP contribution in [0.1, 0.15) is 56.3 Å². The fraction of sp³-hybridized carbons (Fsp3) is 0.667. The lowest BCUT2D eigenvalue weighted by Crippen LogP contribution is -2.63. The highest BCUT2D eigenvalue weighted by atomic mass is 19.4. The molecule has 2 aromatic rings. The molecule has 2 aliphatic carbocycles. The van der Waals surface area contributed by atoms with Crippen LogP contribution in [0.5, 0.6) is 0 Å². The van der Waals surface area contributed by atoms with E-state index in [1.807, 2.05) is 30.3 Å². The Bertz CT molecular complexity index is 1080. The SMILES string of the molecule is O=C(O)C(F)(F)F.OC1(c2ccccc2)CCC(N[C@@H]2C[C@@H]3OCCC[C@@H]32)(c2nnnn2CC(F)F)CC1. The number of tetrazole rings is 1. The van der Waals surface area contributed by atoms with Crippen LogP contribution in [0.2, 0.25) is 0 Å². The highest BCUT2D eigenvalue weighted by Crippen LogP contribution is 2.48. The van der Waals surface area contributed by atoms with E-state index in [1.165, 1.54) is 4.68 Å². The molecule has 3 fully saturated rings. The number of nitrogens with one attached hydrogen (secondary N) is 1. The molecule has 1 saturated heterocycles. The fourth-order valence-electron chi connectivity index (χ4n) is 5.68. The Morgan fingerprint density at radius 3 is 2.42 bits per heavy atom. The summed E-state index contributed by atoms with van der Waals surface area (Å²) in [5, 5.41) is 34.0. The van der Waals surface area contributed by atoms with Crippen LogP contribution in [0.4, 0.5) is 22.0 Å². The monoisotopic (exact) mass is 547 g/mol. The number of hydrogen-bond donors (Lipinski definition) is 3. The van der Waals surface area contributed by atoms with Crippen molar-refractivity contribution in [2.45, 2.75) is 87.4 Å². The molecule has 14 heteroatoms. The first kappa shape index (κ1) is 28.3. The Hall–Kier alpha value is -2.71. The Kier molecular flexibility index (Phi) is 8.33. The van der Waals surface area contributed by atoms with Gasteiger partial charge in [-0.1, -0.05) is 30.3 Å². The van der Waals surface area contributed by atoms with Gasteiger partial charge in [-0.25, -0.2) is 18.3 Å². The fourth-order valence-corrected chi connectivity index (χ4v) is 5.68. The number of carbonyl (C=O) groups is 1. The molecule has 0 unspecified atom stereocenters. The van der Waals surface area contributed by atoms with Gasteiger partial charge in [-0.05, 0) is 60.9 Å². The molecular formula is C24H30F5N5O4. The Morgan fingerprint density at radius 1 is 1.18 bits per heavy atom. The average Bonchev–Trinajstić information content (AvgIpc) is 3.32. The van der Waals surface area contributed by atoms with Crippen LogP contribution in [0, 0.1) is 5.92 Å². The second-order valence-corrected chi connectivity index (χ2v) is 10.1. The molecule has 9 nitrogen and oxygen atoms in total. The van der Waals surface area contributed by atoms with Crippen LogP contribution in [0.25, 0.3) is 0 Å². The van der Waals surface area contributed by atoms with Crippen molar-refractivity contribution in [3.8, 4) is 0 Å². The number of carboxylic acids is 1. The molecule has 2 saturated carbocycles. The number of fused-ring (bicyclic) bond motifs is 1. The van der Waals surface area contributed by atoms with E-state index in [0.717, 1.165) is 31.4 Å². The van der Waals surface area contributed by atoms with E-state index in [2.05, 4.69) is 20.8 Å². The molecule has 1 aromatic carbocycles. The Labute approximate surface area is 215 Å². The van der Waals surface area contributed by atoms with Crippen molar-refractivity contribution in [3.63, 3.8) is 0 Å². The van der Waals surface area contributed by atoms with Crippen molar-refractivity contribution < 1.29 is 41.7 Å². The molecule has 3 atom stereocenters. The van der Waals surface area contributed by atoms with Crippen LogP contribution in [0.15, 0.2) is 30.3 Å². The Balaban J connectivity index is 0.000000426. The maximum Gasteiger partial charge on any atom is 0.490 e. The lowest BCUT2D eigenvalue weighted by molar-refractivity contribution is -0.192. The first-order valence-corrected chi connectivity index (χ1v) is 12.5. The molecule has 0 bridgehead atoms. The third kappa shape index (κ3) is 6.12. The van der Waals surface area contributed by atoms with Gasteiger partial charge >= 0.3 is 12.1 Å². The first-order chi connectivity index (χ1) is 17.9. The number of hydrogen-bond acceptors (Lipinski definition) is 7. The van der Waals surface area contributed by atoms with Gasteiger partial charge < -0.3 is 20.3 Å². The number of alkyl halides is 5. The molecule has 0 amide bonds. The molecule has 210 valence electrons. The third-order valence-electron chi connectivity index (χ3n) is 7.71. The van der Waals surface area contributed by atoms with Crippen LogP contribution >= 0.6 is 0 Å². The largest absolute Gasteiger partial charge is 0.490 e. The molecule has 38 heavy (non-hydrogen) atoms. The van der Waals surface area contributed by atoms with E-state index in [0.29, 0.717) is 37.4 Å². The van der Waals surface area contributed by atoms with Crippen LogP contribution in [-0.4, -0.2) is 67.7 Å². The minimum absolute atomic E-state index is 0.241. The van der Waals surface area contributed by atoms with Crippen LogP contribution in [0.3, 0.4) is 0 Å². The standard InChI is InChI=1S/C22H29F2N5O2.C2HF3O2/c23-19(24)14-29-20(26-27-28-29)21(25-17-13-18-16(17)7-4-12-31-18)8-10-22(30,11-9-21)15-5-2-1-3-6-15;3-2(4,5)1(6)7/h1-3,5-6,16-19,25,30H,4,7-14H2;(H,6,7)/t16-,17-,18+,21?,22?;/m1./s1. The number of halogens is 5. The van der Waals surface area contributed by atoms with Crippen LogP contribution < -0.4 is 5.32 Å². The second kappa shape index (κ2) is 11.2. The van der Waals surface area contributed by atoms with Crippen molar-refractivity contribution in [1.82, 2.24) is 25.5 Å². The summed E-state index contributed by atoms with van der Waals surface area (Å²) in [6.07, 6.45) is -2.14. The summed E-state index contributed by atoms with van der Waals surface area (Å²) in [5.74, 6) is -1.88. The lowest BCUT2D eigenvalue weighted by atomic mass is 9.67. The normalized spacial score (nSPS) is 31.1. The zero-order chi connectivity index (χ0) is 27.6. The van der Waals surface area contributed by atoms with Gasteiger partial charge in [0.25, 0.3) is 6.43 Å². The second-order valence-electron chi connectivity index (χ2n) is 10.1. The number of aliphatic carboxylic acids is 1. The number of rotatable bonds is 6. The summed E-state index contributed by atoms with van der Waals surface area (Å²) in [4.78, 5) is 8.90. The number of aromatic nitrogens is 4. The van der Waals surface area contributed by atoms with E-state index in [9.17, 15) is 27.1 Å². The zero-order valence-corrected chi connectivity index (χ0v) is 20.4. The van der Waals surface area contributed by atoms with Crippen molar-refractivity contribution >= 4 is 5.97 Å². The number of carboxylic acid groups (broad SMARTS) is 1. The van der Waals surface area contributed by atoms with Crippen molar-refractivity contribution in [2.75, 3.05) is 6.61 Å². The Morgan fingerprint density at radius 2 is 1.84 bits per heavy atom. The van der Waals surface area contributed by atoms with Gasteiger partial charge in [0.1, 0.15) is 6.54 Å². The average molecular weight is 548 g/mol. The van der Waals surface area contributed by atoms with Gasteiger partial charge in [0.2, 0.25) is 0 Å². The summed E-state index contributed by atoms with van der Waals surface area (Å²) in [6.45, 7) is 0.282. The summed E-state index contributed by atoms with van der Waals surface area (Å²) in [6, 6.07) is 9.90. The zero-order valence-electron chi connectivity index (χ0n) is 20.4.